The summed E-state index contributed by atoms with van der Waals surface area (Å²) in [6.45, 7) is 7.43. The zero-order valence-corrected chi connectivity index (χ0v) is 19.4. The fraction of sp³-hybridized carbons (Fsp3) is 0.348. The molecule has 0 aliphatic carbocycles. The molecule has 2 aliphatic rings. The Morgan fingerprint density at radius 1 is 1.31 bits per heavy atom. The number of nitrogens with zero attached hydrogens (tertiary/aromatic N) is 1. The van der Waals surface area contributed by atoms with Gasteiger partial charge in [-0.1, -0.05) is 30.3 Å². The third-order valence-corrected chi connectivity index (χ3v) is 7.32. The van der Waals surface area contributed by atoms with Crippen molar-refractivity contribution in [3.8, 4) is 0 Å². The van der Waals surface area contributed by atoms with E-state index in [1.807, 2.05) is 35.4 Å². The number of hydrogen-bond donors (Lipinski definition) is 3. The van der Waals surface area contributed by atoms with Crippen LogP contribution in [0.2, 0.25) is 5.02 Å². The van der Waals surface area contributed by atoms with E-state index in [4.69, 9.17) is 11.6 Å². The third-order valence-electron chi connectivity index (χ3n) is 5.89. The molecule has 0 bridgehead atoms. The van der Waals surface area contributed by atoms with E-state index in [9.17, 15) is 14.4 Å². The second-order valence-corrected chi connectivity index (χ2v) is 9.44. The number of imide groups is 1. The molecule has 0 saturated carbocycles. The van der Waals surface area contributed by atoms with Crippen molar-refractivity contribution in [3.05, 3.63) is 62.3 Å². The maximum Gasteiger partial charge on any atom is 0.315 e. The summed E-state index contributed by atoms with van der Waals surface area (Å²) >= 11 is 7.70. The highest BCUT2D eigenvalue weighted by Gasteiger charge is 2.36. The molecule has 168 valence electrons. The lowest BCUT2D eigenvalue weighted by atomic mass is 10.1. The van der Waals surface area contributed by atoms with Crippen LogP contribution in [0.25, 0.3) is 5.70 Å². The van der Waals surface area contributed by atoms with Crippen molar-refractivity contribution in [2.45, 2.75) is 51.9 Å². The Morgan fingerprint density at radius 2 is 2.09 bits per heavy atom. The molecule has 0 unspecified atom stereocenters. The van der Waals surface area contributed by atoms with Crippen molar-refractivity contribution in [2.24, 2.45) is 0 Å². The number of thiophene rings is 1. The molecule has 2 aromatic rings. The van der Waals surface area contributed by atoms with Gasteiger partial charge in [0, 0.05) is 46.1 Å². The van der Waals surface area contributed by atoms with Crippen molar-refractivity contribution in [3.63, 3.8) is 0 Å². The second kappa shape index (κ2) is 9.34. The number of rotatable bonds is 5. The summed E-state index contributed by atoms with van der Waals surface area (Å²) < 4.78 is 0. The smallest absolute Gasteiger partial charge is 0.315 e. The van der Waals surface area contributed by atoms with Crippen LogP contribution >= 0.6 is 22.9 Å². The van der Waals surface area contributed by atoms with Gasteiger partial charge in [-0.25, -0.2) is 4.79 Å². The predicted octanol–water partition coefficient (Wildman–Crippen LogP) is 3.69. The minimum Gasteiger partial charge on any atom is -0.355 e. The van der Waals surface area contributed by atoms with E-state index in [0.29, 0.717) is 43.9 Å². The van der Waals surface area contributed by atoms with Gasteiger partial charge in [-0.2, -0.15) is 0 Å². The van der Waals surface area contributed by atoms with E-state index < -0.39 is 6.04 Å². The molecule has 3 N–H and O–H groups in total. The molecule has 0 radical (unpaired) electrons. The second-order valence-electron chi connectivity index (χ2n) is 8.07. The number of urea groups is 1. The van der Waals surface area contributed by atoms with E-state index in [0.717, 1.165) is 32.8 Å². The number of carbonyl (C=O) groups excluding carboxylic acids is 3. The van der Waals surface area contributed by atoms with Gasteiger partial charge in [-0.3, -0.25) is 14.9 Å². The highest BCUT2D eigenvalue weighted by Crippen LogP contribution is 2.39. The fourth-order valence-electron chi connectivity index (χ4n) is 4.02. The van der Waals surface area contributed by atoms with Crippen LogP contribution in [0, 0.1) is 6.92 Å². The van der Waals surface area contributed by atoms with Crippen molar-refractivity contribution < 1.29 is 14.4 Å². The minimum atomic E-state index is -0.406. The molecule has 1 fully saturated rings. The van der Waals surface area contributed by atoms with Gasteiger partial charge in [0.15, 0.2) is 0 Å². The van der Waals surface area contributed by atoms with Crippen LogP contribution in [0.3, 0.4) is 0 Å². The highest BCUT2D eigenvalue weighted by atomic mass is 35.5. The number of amides is 4. The number of fused-ring (bicyclic) bond motifs is 1. The number of halogens is 1. The van der Waals surface area contributed by atoms with E-state index in [-0.39, 0.29) is 17.8 Å². The Balaban J connectivity index is 1.35. The molecule has 4 rings (SSSR count). The number of nitrogens with one attached hydrogen (secondary N) is 3. The van der Waals surface area contributed by atoms with Gasteiger partial charge < -0.3 is 15.5 Å². The van der Waals surface area contributed by atoms with Gasteiger partial charge in [-0.15, -0.1) is 11.3 Å². The molecule has 9 heteroatoms. The van der Waals surface area contributed by atoms with E-state index >= 15 is 0 Å². The van der Waals surface area contributed by atoms with Crippen LogP contribution in [0.4, 0.5) is 4.79 Å². The maximum atomic E-state index is 12.5. The van der Waals surface area contributed by atoms with Crippen LogP contribution in [-0.2, 0) is 29.2 Å². The number of carbonyl (C=O) groups is 3. The van der Waals surface area contributed by atoms with Gasteiger partial charge in [0.05, 0.1) is 6.54 Å². The highest BCUT2D eigenvalue weighted by molar-refractivity contribution is 7.10. The summed E-state index contributed by atoms with van der Waals surface area (Å²) in [4.78, 5) is 39.4. The quantitative estimate of drug-likeness (QED) is 0.579. The fourth-order valence-corrected chi connectivity index (χ4v) is 5.24. The largest absolute Gasteiger partial charge is 0.355 e. The van der Waals surface area contributed by atoms with Crippen molar-refractivity contribution in [2.75, 3.05) is 0 Å². The van der Waals surface area contributed by atoms with Crippen LogP contribution < -0.4 is 16.0 Å². The van der Waals surface area contributed by atoms with Crippen LogP contribution in [0.1, 0.15) is 46.4 Å². The van der Waals surface area contributed by atoms with Gasteiger partial charge in [-0.05, 0) is 42.5 Å². The van der Waals surface area contributed by atoms with Crippen molar-refractivity contribution >= 4 is 46.5 Å². The molecule has 1 aromatic carbocycles. The molecular formula is C23H25ClN4O3S. The molecule has 3 heterocycles. The van der Waals surface area contributed by atoms with Gasteiger partial charge in [0.25, 0.3) is 0 Å². The molecule has 4 amide bonds. The van der Waals surface area contributed by atoms with Gasteiger partial charge in [0.1, 0.15) is 6.04 Å². The third kappa shape index (κ3) is 4.66. The SMILES string of the molecule is C=C1c2csc(CNC(=O)NCc3ccc(C)c(Cl)c3)c2CN1[C@H]1CCCC(=O)NC1=O. The Labute approximate surface area is 195 Å². The summed E-state index contributed by atoms with van der Waals surface area (Å²) in [5.74, 6) is -0.488. The summed E-state index contributed by atoms with van der Waals surface area (Å²) in [5.41, 5.74) is 4.80. The van der Waals surface area contributed by atoms with Crippen molar-refractivity contribution in [1.29, 1.82) is 0 Å². The molecular weight excluding hydrogens is 448 g/mol. The first-order chi connectivity index (χ1) is 15.3. The summed E-state index contributed by atoms with van der Waals surface area (Å²) in [5, 5.41) is 10.9. The van der Waals surface area contributed by atoms with E-state index in [2.05, 4.69) is 22.5 Å². The molecule has 2 aliphatic heterocycles. The zero-order valence-electron chi connectivity index (χ0n) is 17.8. The number of aryl methyl sites for hydroxylation is 1. The molecule has 1 saturated heterocycles. The zero-order chi connectivity index (χ0) is 22.8. The lowest BCUT2D eigenvalue weighted by Gasteiger charge is -2.28. The lowest BCUT2D eigenvalue weighted by molar-refractivity contribution is -0.131. The first kappa shape index (κ1) is 22.4. The Morgan fingerprint density at radius 3 is 2.88 bits per heavy atom. The first-order valence-corrected chi connectivity index (χ1v) is 11.7. The normalized spacial score (nSPS) is 18.2. The number of benzene rings is 1. The van der Waals surface area contributed by atoms with Crippen LogP contribution in [0.5, 0.6) is 0 Å². The standard InChI is InChI=1S/C23H25ClN4O3S/c1-13-6-7-15(8-18(13)24)9-25-23(31)26-10-20-16-11-28(14(2)17(16)12-32-20)19-4-3-5-21(29)27-22(19)30/h6-8,12,19H,2-5,9-11H2,1H3,(H2,25,26,31)(H,27,29,30)/t19-/m0/s1. The molecule has 0 spiro atoms. The average molecular weight is 473 g/mol. The van der Waals surface area contributed by atoms with Gasteiger partial charge >= 0.3 is 6.03 Å². The van der Waals surface area contributed by atoms with E-state index in [1.165, 1.54) is 0 Å². The van der Waals surface area contributed by atoms with Crippen LogP contribution in [0.15, 0.2) is 30.2 Å². The Hall–Kier alpha value is -2.84. The predicted molar refractivity (Wildman–Crippen MR) is 125 cm³/mol. The lowest BCUT2D eigenvalue weighted by Crippen LogP contribution is -2.44. The minimum absolute atomic E-state index is 0.222. The Bertz CT molecular complexity index is 1100. The molecule has 7 nitrogen and oxygen atoms in total. The molecule has 1 atom stereocenters. The van der Waals surface area contributed by atoms with Gasteiger partial charge in [0.2, 0.25) is 11.8 Å². The maximum absolute atomic E-state index is 12.5. The monoisotopic (exact) mass is 472 g/mol. The summed E-state index contributed by atoms with van der Waals surface area (Å²) in [7, 11) is 0. The molecule has 32 heavy (non-hydrogen) atoms. The first-order valence-electron chi connectivity index (χ1n) is 10.5. The topological polar surface area (TPSA) is 90.5 Å². The molecule has 1 aromatic heterocycles. The number of hydrogen-bond acceptors (Lipinski definition) is 5. The van der Waals surface area contributed by atoms with Crippen molar-refractivity contribution in [1.82, 2.24) is 20.9 Å². The summed E-state index contributed by atoms with van der Waals surface area (Å²) in [6, 6.07) is 5.04. The van der Waals surface area contributed by atoms with Crippen LogP contribution in [-0.4, -0.2) is 28.8 Å². The summed E-state index contributed by atoms with van der Waals surface area (Å²) in [6.07, 6.45) is 1.64. The van der Waals surface area contributed by atoms with E-state index in [1.54, 1.807) is 11.3 Å². The Kier molecular flexibility index (Phi) is 6.53. The average Bonchev–Trinajstić information content (AvgIpc) is 3.24.